The summed E-state index contributed by atoms with van der Waals surface area (Å²) in [6.45, 7) is 4.77. The van der Waals surface area contributed by atoms with E-state index < -0.39 is 0 Å². The van der Waals surface area contributed by atoms with Crippen molar-refractivity contribution in [3.05, 3.63) is 0 Å². The van der Waals surface area contributed by atoms with Crippen molar-refractivity contribution >= 4 is 22.1 Å². The first-order chi connectivity index (χ1) is 5.33. The van der Waals surface area contributed by atoms with E-state index in [0.29, 0.717) is 4.83 Å². The van der Waals surface area contributed by atoms with Crippen LogP contribution in [0, 0.1) is 0 Å². The summed E-state index contributed by atoms with van der Waals surface area (Å²) in [7, 11) is 0. The molecule has 1 aliphatic rings. The first-order valence-electron chi connectivity index (χ1n) is 4.56. The molecule has 0 aliphatic carbocycles. The molecule has 0 aromatic heterocycles. The SMILES string of the molecule is CCCC(Br)C=[N+]1CCCC1. The normalized spacial score (nSPS) is 20.4. The van der Waals surface area contributed by atoms with Crippen molar-refractivity contribution in [2.45, 2.75) is 37.4 Å². The van der Waals surface area contributed by atoms with E-state index in [2.05, 4.69) is 33.6 Å². The smallest absolute Gasteiger partial charge is 0.153 e. The molecule has 2 heteroatoms. The van der Waals surface area contributed by atoms with Crippen LogP contribution in [0.15, 0.2) is 0 Å². The molecule has 0 N–H and O–H groups in total. The molecule has 0 amide bonds. The number of rotatable bonds is 3. The molecule has 1 fully saturated rings. The highest BCUT2D eigenvalue weighted by atomic mass is 79.9. The summed E-state index contributed by atoms with van der Waals surface area (Å²) in [5, 5.41) is 0. The van der Waals surface area contributed by atoms with Crippen molar-refractivity contribution in [1.82, 2.24) is 0 Å². The monoisotopic (exact) mass is 218 g/mol. The molecule has 0 spiro atoms. The van der Waals surface area contributed by atoms with Gasteiger partial charge in [0.05, 0.1) is 4.83 Å². The second kappa shape index (κ2) is 4.91. The zero-order valence-electron chi connectivity index (χ0n) is 7.22. The number of hydrogen-bond donors (Lipinski definition) is 0. The summed E-state index contributed by atoms with van der Waals surface area (Å²) in [6.07, 6.45) is 7.62. The average molecular weight is 219 g/mol. The standard InChI is InChI=1S/C9H17BrN/c1-2-5-9(10)8-11-6-3-4-7-11/h8-9H,2-7H2,1H3/q+1. The Bertz CT molecular complexity index is 134. The largest absolute Gasteiger partial charge is 0.239 e. The predicted octanol–water partition coefficient (Wildman–Crippen LogP) is 2.43. The van der Waals surface area contributed by atoms with Gasteiger partial charge >= 0.3 is 0 Å². The van der Waals surface area contributed by atoms with Gasteiger partial charge in [0.1, 0.15) is 13.1 Å². The molecular formula is C9H17BrN+. The molecule has 0 bridgehead atoms. The Balaban J connectivity index is 2.30. The van der Waals surface area contributed by atoms with E-state index in [1.54, 1.807) is 0 Å². The minimum absolute atomic E-state index is 0.602. The second-order valence-corrected chi connectivity index (χ2v) is 4.37. The fraction of sp³-hybridized carbons (Fsp3) is 0.889. The summed E-state index contributed by atoms with van der Waals surface area (Å²) < 4.78 is 2.44. The van der Waals surface area contributed by atoms with Gasteiger partial charge in [0.25, 0.3) is 0 Å². The maximum atomic E-state index is 3.65. The Kier molecular flexibility index (Phi) is 4.13. The fourth-order valence-corrected chi connectivity index (χ4v) is 2.26. The van der Waals surface area contributed by atoms with E-state index in [0.717, 1.165) is 0 Å². The van der Waals surface area contributed by atoms with Crippen molar-refractivity contribution in [1.29, 1.82) is 0 Å². The van der Waals surface area contributed by atoms with Crippen LogP contribution in [0.4, 0.5) is 0 Å². The van der Waals surface area contributed by atoms with E-state index in [1.165, 1.54) is 38.8 Å². The van der Waals surface area contributed by atoms with Gasteiger partial charge < -0.3 is 0 Å². The first-order valence-corrected chi connectivity index (χ1v) is 5.47. The van der Waals surface area contributed by atoms with Crippen molar-refractivity contribution in [2.75, 3.05) is 13.1 Å². The highest BCUT2D eigenvalue weighted by Crippen LogP contribution is 2.07. The van der Waals surface area contributed by atoms with Crippen LogP contribution < -0.4 is 0 Å². The van der Waals surface area contributed by atoms with Crippen molar-refractivity contribution < 1.29 is 4.58 Å². The molecule has 64 valence electrons. The van der Waals surface area contributed by atoms with E-state index in [1.807, 2.05) is 0 Å². The van der Waals surface area contributed by atoms with Gasteiger partial charge in [-0.1, -0.05) is 29.3 Å². The van der Waals surface area contributed by atoms with Crippen LogP contribution in [0.25, 0.3) is 0 Å². The molecule has 0 aromatic rings. The topological polar surface area (TPSA) is 3.01 Å². The van der Waals surface area contributed by atoms with Gasteiger partial charge in [0.15, 0.2) is 6.21 Å². The van der Waals surface area contributed by atoms with Gasteiger partial charge in [-0.3, -0.25) is 0 Å². The molecular weight excluding hydrogens is 202 g/mol. The summed E-state index contributed by atoms with van der Waals surface area (Å²) in [4.78, 5) is 0.602. The van der Waals surface area contributed by atoms with E-state index >= 15 is 0 Å². The lowest BCUT2D eigenvalue weighted by Crippen LogP contribution is -2.14. The van der Waals surface area contributed by atoms with Crippen molar-refractivity contribution in [3.63, 3.8) is 0 Å². The molecule has 1 saturated heterocycles. The lowest BCUT2D eigenvalue weighted by atomic mass is 10.3. The average Bonchev–Trinajstić information content (AvgIpc) is 2.40. The number of alkyl halides is 1. The minimum atomic E-state index is 0.602. The van der Waals surface area contributed by atoms with Gasteiger partial charge in [0, 0.05) is 12.8 Å². The highest BCUT2D eigenvalue weighted by molar-refractivity contribution is 9.09. The fourth-order valence-electron chi connectivity index (χ4n) is 1.47. The summed E-state index contributed by atoms with van der Waals surface area (Å²) in [5.74, 6) is 0. The van der Waals surface area contributed by atoms with Gasteiger partial charge in [-0.2, -0.15) is 0 Å². The summed E-state index contributed by atoms with van der Waals surface area (Å²) in [5.41, 5.74) is 0. The molecule has 1 rings (SSSR count). The maximum Gasteiger partial charge on any atom is 0.153 e. The zero-order chi connectivity index (χ0) is 8.10. The Morgan fingerprint density at radius 3 is 2.64 bits per heavy atom. The van der Waals surface area contributed by atoms with Crippen LogP contribution in [0.5, 0.6) is 0 Å². The van der Waals surface area contributed by atoms with Crippen LogP contribution >= 0.6 is 15.9 Å². The Hall–Kier alpha value is 0.150. The first kappa shape index (κ1) is 9.24. The lowest BCUT2D eigenvalue weighted by molar-refractivity contribution is -0.502. The third kappa shape index (κ3) is 3.37. The molecule has 0 radical (unpaired) electrons. The number of nitrogens with zero attached hydrogens (tertiary/aromatic N) is 1. The lowest BCUT2D eigenvalue weighted by Gasteiger charge is -1.98. The molecule has 1 heterocycles. The molecule has 0 aromatic carbocycles. The van der Waals surface area contributed by atoms with Gasteiger partial charge in [-0.05, 0) is 6.42 Å². The molecule has 1 aliphatic heterocycles. The van der Waals surface area contributed by atoms with Crippen LogP contribution in [-0.2, 0) is 0 Å². The maximum absolute atomic E-state index is 3.65. The Morgan fingerprint density at radius 2 is 2.09 bits per heavy atom. The molecule has 1 unspecified atom stereocenters. The van der Waals surface area contributed by atoms with Crippen LogP contribution in [0.3, 0.4) is 0 Å². The Labute approximate surface area is 77.6 Å². The van der Waals surface area contributed by atoms with Gasteiger partial charge in [0.2, 0.25) is 0 Å². The summed E-state index contributed by atoms with van der Waals surface area (Å²) >= 11 is 3.65. The van der Waals surface area contributed by atoms with Gasteiger partial charge in [-0.25, -0.2) is 4.58 Å². The predicted molar refractivity (Wildman–Crippen MR) is 52.9 cm³/mol. The third-order valence-corrected chi connectivity index (χ3v) is 2.77. The molecule has 1 atom stereocenters. The molecule has 11 heavy (non-hydrogen) atoms. The molecule has 1 nitrogen and oxygen atoms in total. The third-order valence-electron chi connectivity index (χ3n) is 2.08. The van der Waals surface area contributed by atoms with Crippen LogP contribution in [0.1, 0.15) is 32.6 Å². The zero-order valence-corrected chi connectivity index (χ0v) is 8.81. The highest BCUT2D eigenvalue weighted by Gasteiger charge is 2.14. The molecule has 0 saturated carbocycles. The van der Waals surface area contributed by atoms with E-state index in [4.69, 9.17) is 0 Å². The minimum Gasteiger partial charge on any atom is -0.239 e. The van der Waals surface area contributed by atoms with Crippen LogP contribution in [0.2, 0.25) is 0 Å². The Morgan fingerprint density at radius 1 is 1.45 bits per heavy atom. The van der Waals surface area contributed by atoms with Crippen LogP contribution in [-0.4, -0.2) is 28.7 Å². The number of halogens is 1. The van der Waals surface area contributed by atoms with Crippen molar-refractivity contribution in [3.8, 4) is 0 Å². The summed E-state index contributed by atoms with van der Waals surface area (Å²) in [6, 6.07) is 0. The number of hydrogen-bond acceptors (Lipinski definition) is 0. The van der Waals surface area contributed by atoms with E-state index in [-0.39, 0.29) is 0 Å². The van der Waals surface area contributed by atoms with Crippen molar-refractivity contribution in [2.24, 2.45) is 0 Å². The second-order valence-electron chi connectivity index (χ2n) is 3.20. The quantitative estimate of drug-likeness (QED) is 0.506. The van der Waals surface area contributed by atoms with E-state index in [9.17, 15) is 0 Å². The van der Waals surface area contributed by atoms with Gasteiger partial charge in [-0.15, -0.1) is 0 Å².